The van der Waals surface area contributed by atoms with Gasteiger partial charge in [0.1, 0.15) is 30.7 Å². The third-order valence-electron chi connectivity index (χ3n) is 5.44. The monoisotopic (exact) mass is 489 g/mol. The number of nitrogens with two attached hydrogens (primary N) is 1. The third kappa shape index (κ3) is 5.61. The van der Waals surface area contributed by atoms with Gasteiger partial charge in [-0.3, -0.25) is 15.7 Å². The second kappa shape index (κ2) is 10.4. The Balaban J connectivity index is 1.37. The average molecular weight is 490 g/mol. The van der Waals surface area contributed by atoms with Gasteiger partial charge in [0, 0.05) is 36.0 Å². The summed E-state index contributed by atoms with van der Waals surface area (Å²) in [6.07, 6.45) is 5.16. The first-order chi connectivity index (χ1) is 17.6. The summed E-state index contributed by atoms with van der Waals surface area (Å²) >= 11 is 0. The summed E-state index contributed by atoms with van der Waals surface area (Å²) in [4.78, 5) is 20.6. The van der Waals surface area contributed by atoms with Gasteiger partial charge >= 0.3 is 6.03 Å². The number of carbonyl (C=O) groups is 1. The van der Waals surface area contributed by atoms with Crippen molar-refractivity contribution in [1.29, 1.82) is 0 Å². The van der Waals surface area contributed by atoms with E-state index in [2.05, 4.69) is 20.6 Å². The quantitative estimate of drug-likeness (QED) is 0.291. The van der Waals surface area contributed by atoms with Gasteiger partial charge in [0.2, 0.25) is 0 Å². The van der Waals surface area contributed by atoms with E-state index in [-0.39, 0.29) is 30.8 Å². The zero-order valence-corrected chi connectivity index (χ0v) is 19.2. The molecule has 2 aromatic carbocycles. The summed E-state index contributed by atoms with van der Waals surface area (Å²) in [5.74, 6) is 0.934. The Labute approximate surface area is 206 Å². The van der Waals surface area contributed by atoms with E-state index in [1.54, 1.807) is 36.7 Å². The van der Waals surface area contributed by atoms with E-state index in [0.717, 1.165) is 18.5 Å². The van der Waals surface area contributed by atoms with Crippen molar-refractivity contribution in [3.05, 3.63) is 78.5 Å². The van der Waals surface area contributed by atoms with Crippen LogP contribution < -0.4 is 30.6 Å². The Morgan fingerprint density at radius 3 is 2.61 bits per heavy atom. The van der Waals surface area contributed by atoms with E-state index < -0.39 is 11.8 Å². The van der Waals surface area contributed by atoms with Crippen molar-refractivity contribution in [2.75, 3.05) is 12.0 Å². The van der Waals surface area contributed by atoms with Crippen LogP contribution in [-0.2, 0) is 6.61 Å². The number of aromatic nitrogens is 2. The molecule has 9 nitrogen and oxygen atoms in total. The number of urea groups is 1. The van der Waals surface area contributed by atoms with Crippen molar-refractivity contribution >= 4 is 22.6 Å². The normalized spacial score (nSPS) is 12.7. The highest BCUT2D eigenvalue weighted by molar-refractivity contribution is 5.90. The fraction of sp³-hybridized carbons (Fsp3) is 0.192. The Morgan fingerprint density at radius 1 is 1.00 bits per heavy atom. The molecule has 184 valence electrons. The maximum Gasteiger partial charge on any atom is 0.319 e. The summed E-state index contributed by atoms with van der Waals surface area (Å²) < 4.78 is 32.1. The molecule has 0 atom stereocenters. The number of pyridine rings is 2. The summed E-state index contributed by atoms with van der Waals surface area (Å²) in [6, 6.07) is 14.6. The van der Waals surface area contributed by atoms with Crippen LogP contribution in [0.2, 0.25) is 0 Å². The van der Waals surface area contributed by atoms with Gasteiger partial charge in [0.25, 0.3) is 0 Å². The first-order valence-corrected chi connectivity index (χ1v) is 11.4. The molecule has 36 heavy (non-hydrogen) atoms. The number of carbonyl (C=O) groups excluding carboxylic acids is 1. The zero-order valence-electron chi connectivity index (χ0n) is 19.2. The minimum atomic E-state index is -0.617. The molecule has 1 fully saturated rings. The van der Waals surface area contributed by atoms with Crippen LogP contribution in [0.5, 0.6) is 23.0 Å². The van der Waals surface area contributed by atoms with Gasteiger partial charge in [0.15, 0.2) is 11.5 Å². The lowest BCUT2D eigenvalue weighted by Gasteiger charge is -2.15. The van der Waals surface area contributed by atoms with E-state index in [0.29, 0.717) is 28.2 Å². The van der Waals surface area contributed by atoms with Crippen LogP contribution in [0.4, 0.5) is 14.9 Å². The fourth-order valence-electron chi connectivity index (χ4n) is 3.53. The molecule has 0 radical (unpaired) electrons. The number of hydrogen-bond acceptors (Lipinski definition) is 7. The van der Waals surface area contributed by atoms with Gasteiger partial charge in [-0.1, -0.05) is 6.07 Å². The Kier molecular flexibility index (Phi) is 6.76. The number of nitrogens with one attached hydrogen (secondary N) is 2. The van der Waals surface area contributed by atoms with E-state index >= 15 is 0 Å². The molecule has 2 heterocycles. The number of hydrogen-bond donors (Lipinski definition) is 3. The van der Waals surface area contributed by atoms with Crippen molar-refractivity contribution in [2.45, 2.75) is 25.5 Å². The lowest BCUT2D eigenvalue weighted by Crippen LogP contribution is -2.30. The van der Waals surface area contributed by atoms with Crippen LogP contribution in [0.1, 0.15) is 18.5 Å². The molecule has 4 aromatic rings. The second-order valence-electron chi connectivity index (χ2n) is 8.16. The predicted molar refractivity (Wildman–Crippen MR) is 132 cm³/mol. The van der Waals surface area contributed by atoms with E-state index in [9.17, 15) is 9.18 Å². The van der Waals surface area contributed by atoms with Crippen LogP contribution in [0.15, 0.2) is 67.0 Å². The molecule has 2 aromatic heterocycles. The van der Waals surface area contributed by atoms with Crippen molar-refractivity contribution in [3.63, 3.8) is 0 Å². The minimum Gasteiger partial charge on any atom is -0.483 e. The standard InChI is InChI=1S/C26H24FN5O4/c27-20-11-18(6-7-21(20)32-26(33)31-16-4-5-16)36-23-8-10-30-22-13-25(24(35-15-28)12-19(22)23)34-14-17-3-1-2-9-29-17/h1-3,6-13,16H,4-5,14-15,28H2,(H2,31,32,33). The van der Waals surface area contributed by atoms with Crippen LogP contribution >= 0.6 is 0 Å². The Morgan fingerprint density at radius 2 is 1.86 bits per heavy atom. The lowest BCUT2D eigenvalue weighted by molar-refractivity contribution is 0.251. The van der Waals surface area contributed by atoms with Crippen LogP contribution in [0, 0.1) is 5.82 Å². The highest BCUT2D eigenvalue weighted by Crippen LogP contribution is 2.38. The van der Waals surface area contributed by atoms with Gasteiger partial charge < -0.3 is 24.8 Å². The largest absolute Gasteiger partial charge is 0.483 e. The molecular weight excluding hydrogens is 465 g/mol. The van der Waals surface area contributed by atoms with E-state index in [1.165, 1.54) is 12.1 Å². The summed E-state index contributed by atoms with van der Waals surface area (Å²) in [5, 5.41) is 5.89. The molecule has 1 aliphatic carbocycles. The maximum absolute atomic E-state index is 14.6. The minimum absolute atomic E-state index is 0.0596. The molecule has 1 saturated carbocycles. The molecule has 1 aliphatic rings. The van der Waals surface area contributed by atoms with Crippen LogP contribution in [0.3, 0.4) is 0 Å². The van der Waals surface area contributed by atoms with Crippen LogP contribution in [0.25, 0.3) is 10.9 Å². The summed E-state index contributed by atoms with van der Waals surface area (Å²) in [5.41, 5.74) is 7.03. The number of rotatable bonds is 9. The van der Waals surface area contributed by atoms with E-state index in [1.807, 2.05) is 18.2 Å². The van der Waals surface area contributed by atoms with Gasteiger partial charge in [0.05, 0.1) is 16.9 Å². The number of halogens is 1. The van der Waals surface area contributed by atoms with Gasteiger partial charge in [-0.2, -0.15) is 0 Å². The molecule has 0 bridgehead atoms. The predicted octanol–water partition coefficient (Wildman–Crippen LogP) is 4.72. The topological polar surface area (TPSA) is 121 Å². The van der Waals surface area contributed by atoms with Gasteiger partial charge in [-0.25, -0.2) is 9.18 Å². The molecule has 5 rings (SSSR count). The maximum atomic E-state index is 14.6. The molecule has 2 amide bonds. The highest BCUT2D eigenvalue weighted by Gasteiger charge is 2.23. The average Bonchev–Trinajstić information content (AvgIpc) is 3.69. The van der Waals surface area contributed by atoms with Gasteiger partial charge in [-0.05, 0) is 49.2 Å². The zero-order chi connectivity index (χ0) is 24.9. The number of nitrogens with zero attached hydrogens (tertiary/aromatic N) is 2. The number of benzene rings is 2. The van der Waals surface area contributed by atoms with Crippen molar-refractivity contribution in [1.82, 2.24) is 15.3 Å². The lowest BCUT2D eigenvalue weighted by atomic mass is 10.1. The third-order valence-corrected chi connectivity index (χ3v) is 5.44. The molecule has 0 unspecified atom stereocenters. The molecule has 10 heteroatoms. The van der Waals surface area contributed by atoms with Gasteiger partial charge in [-0.15, -0.1) is 0 Å². The van der Waals surface area contributed by atoms with E-state index in [4.69, 9.17) is 19.9 Å². The number of anilines is 1. The fourth-order valence-corrected chi connectivity index (χ4v) is 3.53. The molecule has 0 spiro atoms. The first kappa shape index (κ1) is 23.3. The summed E-state index contributed by atoms with van der Waals surface area (Å²) in [7, 11) is 0. The molecular formula is C26H24FN5O4. The van der Waals surface area contributed by atoms with Crippen LogP contribution in [-0.4, -0.2) is 28.8 Å². The Hall–Kier alpha value is -4.44. The number of amides is 2. The molecule has 0 saturated heterocycles. The van der Waals surface area contributed by atoms with Crippen molar-refractivity contribution < 1.29 is 23.4 Å². The Bertz CT molecular complexity index is 1380. The number of ether oxygens (including phenoxy) is 3. The number of fused-ring (bicyclic) bond motifs is 1. The second-order valence-corrected chi connectivity index (χ2v) is 8.16. The summed E-state index contributed by atoms with van der Waals surface area (Å²) in [6.45, 7) is 0.178. The van der Waals surface area contributed by atoms with Crippen molar-refractivity contribution in [2.24, 2.45) is 5.73 Å². The first-order valence-electron chi connectivity index (χ1n) is 11.4. The van der Waals surface area contributed by atoms with Crippen molar-refractivity contribution in [3.8, 4) is 23.0 Å². The smallest absolute Gasteiger partial charge is 0.319 e. The highest BCUT2D eigenvalue weighted by atomic mass is 19.1. The molecule has 4 N–H and O–H groups in total. The molecule has 0 aliphatic heterocycles. The SMILES string of the molecule is NCOc1cc2c(Oc3ccc(NC(=O)NC4CC4)c(F)c3)ccnc2cc1OCc1ccccn1.